The van der Waals surface area contributed by atoms with E-state index < -0.39 is 17.5 Å². The maximum absolute atomic E-state index is 14.1. The van der Waals surface area contributed by atoms with Crippen LogP contribution >= 0.6 is 27.5 Å². The molecule has 2 nitrogen and oxygen atoms in total. The van der Waals surface area contributed by atoms with Crippen molar-refractivity contribution in [3.8, 4) is 5.69 Å². The zero-order valence-corrected chi connectivity index (χ0v) is 12.7. The van der Waals surface area contributed by atoms with Crippen LogP contribution < -0.4 is 0 Å². The summed E-state index contributed by atoms with van der Waals surface area (Å²) in [5.41, 5.74) is 0.679. The van der Waals surface area contributed by atoms with Crippen LogP contribution in [0.2, 0.25) is 0 Å². The molecule has 3 aromatic rings. The fourth-order valence-electron chi connectivity index (χ4n) is 2.16. The Balaban J connectivity index is 2.42. The Kier molecular flexibility index (Phi) is 3.67. The van der Waals surface area contributed by atoms with Crippen LogP contribution in [0.1, 0.15) is 5.82 Å². The largest absolute Gasteiger partial charge is 0.291 e. The Morgan fingerprint density at radius 2 is 1.90 bits per heavy atom. The molecule has 0 fully saturated rings. The van der Waals surface area contributed by atoms with Gasteiger partial charge in [-0.1, -0.05) is 0 Å². The summed E-state index contributed by atoms with van der Waals surface area (Å²) < 4.78 is 42.6. The van der Waals surface area contributed by atoms with Crippen molar-refractivity contribution in [1.29, 1.82) is 0 Å². The highest BCUT2D eigenvalue weighted by molar-refractivity contribution is 9.10. The summed E-state index contributed by atoms with van der Waals surface area (Å²) in [6.45, 7) is 0. The van der Waals surface area contributed by atoms with E-state index in [0.29, 0.717) is 16.0 Å². The molecule has 0 unspecified atom stereocenters. The summed E-state index contributed by atoms with van der Waals surface area (Å²) in [5, 5.41) is 0. The Bertz CT molecular complexity index is 848. The van der Waals surface area contributed by atoms with Crippen molar-refractivity contribution in [3.63, 3.8) is 0 Å². The van der Waals surface area contributed by atoms with Crippen LogP contribution in [-0.4, -0.2) is 9.55 Å². The van der Waals surface area contributed by atoms with Crippen molar-refractivity contribution in [2.24, 2.45) is 0 Å². The smallest absolute Gasteiger partial charge is 0.185 e. The fourth-order valence-corrected chi connectivity index (χ4v) is 2.87. The molecule has 7 heteroatoms. The van der Waals surface area contributed by atoms with Crippen LogP contribution in [-0.2, 0) is 5.88 Å². The first kappa shape index (κ1) is 14.4. The molecule has 0 radical (unpaired) electrons. The van der Waals surface area contributed by atoms with Crippen LogP contribution in [0.15, 0.2) is 34.8 Å². The van der Waals surface area contributed by atoms with Crippen molar-refractivity contribution in [1.82, 2.24) is 9.55 Å². The number of nitrogens with zero attached hydrogens (tertiary/aromatic N) is 2. The Labute approximate surface area is 131 Å². The summed E-state index contributed by atoms with van der Waals surface area (Å²) in [6.07, 6.45) is 0. The monoisotopic (exact) mass is 374 g/mol. The van der Waals surface area contributed by atoms with Gasteiger partial charge in [-0.15, -0.1) is 11.6 Å². The molecule has 21 heavy (non-hydrogen) atoms. The third-order valence-electron chi connectivity index (χ3n) is 3.05. The van der Waals surface area contributed by atoms with Crippen LogP contribution in [0.3, 0.4) is 0 Å². The molecule has 0 amide bonds. The van der Waals surface area contributed by atoms with Crippen molar-refractivity contribution >= 4 is 38.6 Å². The first-order valence-corrected chi connectivity index (χ1v) is 7.22. The third kappa shape index (κ3) is 2.32. The van der Waals surface area contributed by atoms with E-state index in [-0.39, 0.29) is 16.9 Å². The minimum atomic E-state index is -1.02. The number of aromatic nitrogens is 2. The molecule has 108 valence electrons. The number of fused-ring (bicyclic) bond motifs is 1. The number of benzene rings is 2. The second-order valence-electron chi connectivity index (χ2n) is 4.32. The number of alkyl halides is 1. The van der Waals surface area contributed by atoms with E-state index in [1.165, 1.54) is 28.8 Å². The average Bonchev–Trinajstić information content (AvgIpc) is 2.82. The quantitative estimate of drug-likeness (QED) is 0.580. The van der Waals surface area contributed by atoms with Crippen LogP contribution in [0.5, 0.6) is 0 Å². The summed E-state index contributed by atoms with van der Waals surface area (Å²) >= 11 is 9.05. The normalized spacial score (nSPS) is 11.3. The molecule has 0 aliphatic rings. The first-order valence-electron chi connectivity index (χ1n) is 5.89. The van der Waals surface area contributed by atoms with E-state index in [0.717, 1.165) is 6.07 Å². The second-order valence-corrected chi connectivity index (χ2v) is 5.44. The minimum absolute atomic E-state index is 0.000441. The summed E-state index contributed by atoms with van der Waals surface area (Å²) in [6, 6.07) is 6.28. The molecule has 1 aromatic heterocycles. The molecule has 0 saturated heterocycles. The van der Waals surface area contributed by atoms with E-state index in [1.807, 2.05) is 0 Å². The van der Waals surface area contributed by atoms with E-state index in [4.69, 9.17) is 11.6 Å². The lowest BCUT2D eigenvalue weighted by Gasteiger charge is -2.10. The molecule has 0 saturated carbocycles. The van der Waals surface area contributed by atoms with Gasteiger partial charge in [-0.2, -0.15) is 0 Å². The molecular formula is C14H7BrClF3N2. The molecular weight excluding hydrogens is 369 g/mol. The fraction of sp³-hybridized carbons (Fsp3) is 0.0714. The maximum Gasteiger partial charge on any atom is 0.185 e. The highest BCUT2D eigenvalue weighted by Gasteiger charge is 2.19. The lowest BCUT2D eigenvalue weighted by Crippen LogP contribution is -2.02. The summed E-state index contributed by atoms with van der Waals surface area (Å²) in [7, 11) is 0. The third-order valence-corrected chi connectivity index (χ3v) is 3.92. The Morgan fingerprint density at radius 3 is 2.57 bits per heavy atom. The molecule has 0 bridgehead atoms. The van der Waals surface area contributed by atoms with Crippen molar-refractivity contribution in [2.75, 3.05) is 0 Å². The maximum atomic E-state index is 14.1. The van der Waals surface area contributed by atoms with Gasteiger partial charge in [0.1, 0.15) is 17.2 Å². The lowest BCUT2D eigenvalue weighted by atomic mass is 10.2. The SMILES string of the molecule is Fc1ccc(-n2c(CCl)nc3ccc(F)c(F)c32)c(Br)c1. The van der Waals surface area contributed by atoms with Gasteiger partial charge in [0.25, 0.3) is 0 Å². The minimum Gasteiger partial charge on any atom is -0.291 e. The van der Waals surface area contributed by atoms with Gasteiger partial charge in [0.05, 0.1) is 17.1 Å². The number of hydrogen-bond acceptors (Lipinski definition) is 1. The first-order chi connectivity index (χ1) is 10.0. The Hall–Kier alpha value is -1.53. The second kappa shape index (κ2) is 5.35. The van der Waals surface area contributed by atoms with Crippen molar-refractivity contribution in [2.45, 2.75) is 5.88 Å². The lowest BCUT2D eigenvalue weighted by molar-refractivity contribution is 0.514. The van der Waals surface area contributed by atoms with E-state index in [9.17, 15) is 13.2 Å². The van der Waals surface area contributed by atoms with Crippen molar-refractivity contribution in [3.05, 3.63) is 58.1 Å². The zero-order chi connectivity index (χ0) is 15.1. The number of rotatable bonds is 2. The van der Waals surface area contributed by atoms with Crippen LogP contribution in [0.4, 0.5) is 13.2 Å². The standard InChI is InChI=1S/C14H7BrClF3N2/c15-8-5-7(17)1-4-11(8)21-12(6-16)20-10-3-2-9(18)13(19)14(10)21/h1-5H,6H2. The van der Waals surface area contributed by atoms with E-state index >= 15 is 0 Å². The summed E-state index contributed by atoms with van der Waals surface area (Å²) in [4.78, 5) is 4.18. The molecule has 0 spiro atoms. The molecule has 1 heterocycles. The van der Waals surface area contributed by atoms with Gasteiger partial charge in [-0.05, 0) is 46.3 Å². The molecule has 3 rings (SSSR count). The van der Waals surface area contributed by atoms with Gasteiger partial charge in [0.15, 0.2) is 11.6 Å². The van der Waals surface area contributed by atoms with Crippen LogP contribution in [0.25, 0.3) is 16.7 Å². The number of hydrogen-bond donors (Lipinski definition) is 0. The topological polar surface area (TPSA) is 17.8 Å². The molecule has 0 N–H and O–H groups in total. The predicted molar refractivity (Wildman–Crippen MR) is 78.2 cm³/mol. The predicted octanol–water partition coefficient (Wildman–Crippen LogP) is 4.94. The van der Waals surface area contributed by atoms with Gasteiger partial charge < -0.3 is 0 Å². The van der Waals surface area contributed by atoms with Gasteiger partial charge in [0, 0.05) is 4.47 Å². The van der Waals surface area contributed by atoms with Gasteiger partial charge >= 0.3 is 0 Å². The van der Waals surface area contributed by atoms with Gasteiger partial charge in [-0.25, -0.2) is 18.2 Å². The van der Waals surface area contributed by atoms with Crippen LogP contribution in [0, 0.1) is 17.5 Å². The Morgan fingerprint density at radius 1 is 1.14 bits per heavy atom. The average molecular weight is 376 g/mol. The zero-order valence-electron chi connectivity index (χ0n) is 10.4. The highest BCUT2D eigenvalue weighted by Crippen LogP contribution is 2.30. The summed E-state index contributed by atoms with van der Waals surface area (Å²) in [5.74, 6) is -2.12. The molecule has 2 aromatic carbocycles. The van der Waals surface area contributed by atoms with Crippen molar-refractivity contribution < 1.29 is 13.2 Å². The number of halogens is 5. The van der Waals surface area contributed by atoms with E-state index in [1.54, 1.807) is 0 Å². The molecule has 0 aliphatic carbocycles. The van der Waals surface area contributed by atoms with Gasteiger partial charge in [-0.3, -0.25) is 4.57 Å². The van der Waals surface area contributed by atoms with E-state index in [2.05, 4.69) is 20.9 Å². The van der Waals surface area contributed by atoms with Gasteiger partial charge in [0.2, 0.25) is 0 Å². The number of imidazole rings is 1. The molecule has 0 aliphatic heterocycles. The molecule has 0 atom stereocenters. The highest BCUT2D eigenvalue weighted by atomic mass is 79.9.